The monoisotopic (exact) mass is 228 g/mol. The van der Waals surface area contributed by atoms with E-state index in [1.54, 1.807) is 30.2 Å². The van der Waals surface area contributed by atoms with Gasteiger partial charge in [-0.15, -0.1) is 0 Å². The lowest BCUT2D eigenvalue weighted by molar-refractivity contribution is -0.125. The van der Waals surface area contributed by atoms with E-state index in [2.05, 4.69) is 6.07 Å². The zero-order valence-corrected chi connectivity index (χ0v) is 10.4. The Labute approximate surface area is 102 Å². The summed E-state index contributed by atoms with van der Waals surface area (Å²) in [6.45, 7) is 4.34. The van der Waals surface area contributed by atoms with Crippen molar-refractivity contribution in [3.8, 4) is 6.07 Å². The maximum Gasteiger partial charge on any atom is 0.246 e. The molecule has 3 heteroatoms. The van der Waals surface area contributed by atoms with Crippen molar-refractivity contribution in [2.75, 3.05) is 7.05 Å². The van der Waals surface area contributed by atoms with Crippen molar-refractivity contribution < 1.29 is 4.79 Å². The lowest BCUT2D eigenvalue weighted by Crippen LogP contribution is -2.24. The highest BCUT2D eigenvalue weighted by Gasteiger charge is 2.05. The summed E-state index contributed by atoms with van der Waals surface area (Å²) in [7, 11) is 1.76. The second kappa shape index (κ2) is 5.86. The van der Waals surface area contributed by atoms with Crippen molar-refractivity contribution >= 4 is 5.91 Å². The van der Waals surface area contributed by atoms with E-state index in [1.807, 2.05) is 26.0 Å². The number of carbonyl (C=O) groups excluding carboxylic acids is 1. The molecule has 0 heterocycles. The summed E-state index contributed by atoms with van der Waals surface area (Å²) in [6, 6.07) is 9.32. The van der Waals surface area contributed by atoms with Crippen LogP contribution >= 0.6 is 0 Å². The van der Waals surface area contributed by atoms with Gasteiger partial charge in [0.2, 0.25) is 5.91 Å². The number of amides is 1. The number of benzene rings is 1. The van der Waals surface area contributed by atoms with Gasteiger partial charge in [0.1, 0.15) is 0 Å². The minimum Gasteiger partial charge on any atom is -0.338 e. The molecule has 1 rings (SSSR count). The molecule has 0 spiro atoms. The van der Waals surface area contributed by atoms with E-state index < -0.39 is 0 Å². The van der Waals surface area contributed by atoms with E-state index >= 15 is 0 Å². The fraction of sp³-hybridized carbons (Fsp3) is 0.286. The van der Waals surface area contributed by atoms with Crippen molar-refractivity contribution in [2.24, 2.45) is 0 Å². The quantitative estimate of drug-likeness (QED) is 0.746. The van der Waals surface area contributed by atoms with Gasteiger partial charge in [0.15, 0.2) is 0 Å². The average Bonchev–Trinajstić information content (AvgIpc) is 2.29. The van der Waals surface area contributed by atoms with Crippen LogP contribution in [-0.4, -0.2) is 17.9 Å². The molecule has 1 amide bonds. The summed E-state index contributed by atoms with van der Waals surface area (Å²) in [6.07, 6.45) is 1.61. The molecule has 0 fully saturated rings. The molecule has 88 valence electrons. The first kappa shape index (κ1) is 13.0. The molecule has 0 aliphatic rings. The molecule has 0 bridgehead atoms. The lowest BCUT2D eigenvalue weighted by Gasteiger charge is -2.15. The number of carbonyl (C=O) groups is 1. The Balaban J connectivity index is 2.68. The number of allylic oxidation sites excluding steroid dienone is 1. The van der Waals surface area contributed by atoms with E-state index in [9.17, 15) is 4.79 Å². The van der Waals surface area contributed by atoms with Crippen molar-refractivity contribution in [1.29, 1.82) is 5.26 Å². The molecule has 0 radical (unpaired) electrons. The van der Waals surface area contributed by atoms with Crippen LogP contribution in [0.5, 0.6) is 0 Å². The SMILES string of the molecule is CC(C)=CC(=O)N(C)Cc1ccc(C#N)cc1. The normalized spacial score (nSPS) is 9.29. The Morgan fingerprint density at radius 3 is 2.41 bits per heavy atom. The van der Waals surface area contributed by atoms with E-state index in [0.29, 0.717) is 12.1 Å². The van der Waals surface area contributed by atoms with Crippen molar-refractivity contribution in [3.63, 3.8) is 0 Å². The molecule has 0 atom stereocenters. The molecule has 0 N–H and O–H groups in total. The number of nitrogens with zero attached hydrogens (tertiary/aromatic N) is 2. The molecule has 0 aliphatic carbocycles. The van der Waals surface area contributed by atoms with E-state index in [4.69, 9.17) is 5.26 Å². The van der Waals surface area contributed by atoms with Crippen LogP contribution in [0.2, 0.25) is 0 Å². The van der Waals surface area contributed by atoms with Gasteiger partial charge in [0, 0.05) is 19.7 Å². The zero-order valence-electron chi connectivity index (χ0n) is 10.4. The van der Waals surface area contributed by atoms with Crippen LogP contribution in [0.3, 0.4) is 0 Å². The van der Waals surface area contributed by atoms with Crippen LogP contribution in [-0.2, 0) is 11.3 Å². The molecule has 1 aromatic carbocycles. The third-order valence-electron chi connectivity index (χ3n) is 2.29. The Hall–Kier alpha value is -2.08. The molecule has 0 saturated carbocycles. The van der Waals surface area contributed by atoms with Crippen molar-refractivity contribution in [1.82, 2.24) is 4.90 Å². The van der Waals surface area contributed by atoms with Crippen LogP contribution in [0.25, 0.3) is 0 Å². The largest absolute Gasteiger partial charge is 0.338 e. The Morgan fingerprint density at radius 1 is 1.35 bits per heavy atom. The summed E-state index contributed by atoms with van der Waals surface area (Å²) in [5.41, 5.74) is 2.63. The average molecular weight is 228 g/mol. The number of rotatable bonds is 3. The summed E-state index contributed by atoms with van der Waals surface area (Å²) in [5.74, 6) is -0.00522. The lowest BCUT2D eigenvalue weighted by atomic mass is 10.1. The Kier molecular flexibility index (Phi) is 4.47. The maximum absolute atomic E-state index is 11.7. The Bertz CT molecular complexity index is 462. The van der Waals surface area contributed by atoms with Crippen LogP contribution < -0.4 is 0 Å². The van der Waals surface area contributed by atoms with Crippen LogP contribution in [0, 0.1) is 11.3 Å². The summed E-state index contributed by atoms with van der Waals surface area (Å²) in [4.78, 5) is 13.3. The van der Waals surface area contributed by atoms with Crippen molar-refractivity contribution in [3.05, 3.63) is 47.0 Å². The minimum atomic E-state index is -0.00522. The Morgan fingerprint density at radius 2 is 1.94 bits per heavy atom. The fourth-order valence-corrected chi connectivity index (χ4v) is 1.39. The third kappa shape index (κ3) is 4.12. The molecule has 0 unspecified atom stereocenters. The summed E-state index contributed by atoms with van der Waals surface area (Å²) in [5, 5.41) is 8.68. The second-order valence-electron chi connectivity index (χ2n) is 4.22. The standard InChI is InChI=1S/C14H16N2O/c1-11(2)8-14(17)16(3)10-13-6-4-12(9-15)5-7-13/h4-8H,10H2,1-3H3. The molecule has 1 aromatic rings. The maximum atomic E-state index is 11.7. The topological polar surface area (TPSA) is 44.1 Å². The van der Waals surface area contributed by atoms with Gasteiger partial charge in [0.25, 0.3) is 0 Å². The highest BCUT2D eigenvalue weighted by molar-refractivity contribution is 5.87. The third-order valence-corrected chi connectivity index (χ3v) is 2.29. The number of hydrogen-bond donors (Lipinski definition) is 0. The number of nitriles is 1. The molecule has 0 saturated heterocycles. The van der Waals surface area contributed by atoms with Gasteiger partial charge in [-0.3, -0.25) is 4.79 Å². The minimum absolute atomic E-state index is 0.00522. The van der Waals surface area contributed by atoms with Gasteiger partial charge in [-0.2, -0.15) is 5.26 Å². The van der Waals surface area contributed by atoms with E-state index in [1.165, 1.54) is 0 Å². The molecule has 17 heavy (non-hydrogen) atoms. The first-order valence-electron chi connectivity index (χ1n) is 5.42. The van der Waals surface area contributed by atoms with Gasteiger partial charge in [-0.25, -0.2) is 0 Å². The predicted molar refractivity (Wildman–Crippen MR) is 67.1 cm³/mol. The zero-order chi connectivity index (χ0) is 12.8. The highest BCUT2D eigenvalue weighted by Crippen LogP contribution is 2.06. The van der Waals surface area contributed by atoms with Crippen molar-refractivity contribution in [2.45, 2.75) is 20.4 Å². The first-order chi connectivity index (χ1) is 8.02. The highest BCUT2D eigenvalue weighted by atomic mass is 16.2. The fourth-order valence-electron chi connectivity index (χ4n) is 1.39. The van der Waals surface area contributed by atoms with E-state index in [0.717, 1.165) is 11.1 Å². The van der Waals surface area contributed by atoms with E-state index in [-0.39, 0.29) is 5.91 Å². The molecular weight excluding hydrogens is 212 g/mol. The van der Waals surface area contributed by atoms with Gasteiger partial charge < -0.3 is 4.90 Å². The van der Waals surface area contributed by atoms with Gasteiger partial charge in [-0.1, -0.05) is 17.7 Å². The molecule has 0 aliphatic heterocycles. The molecule has 3 nitrogen and oxygen atoms in total. The predicted octanol–water partition coefficient (Wildman–Crippen LogP) is 2.48. The second-order valence-corrected chi connectivity index (χ2v) is 4.22. The van der Waals surface area contributed by atoms with Gasteiger partial charge >= 0.3 is 0 Å². The molecular formula is C14H16N2O. The van der Waals surface area contributed by atoms with Crippen LogP contribution in [0.15, 0.2) is 35.9 Å². The number of hydrogen-bond acceptors (Lipinski definition) is 2. The van der Waals surface area contributed by atoms with Crippen LogP contribution in [0.1, 0.15) is 25.0 Å². The summed E-state index contributed by atoms with van der Waals surface area (Å²) >= 11 is 0. The summed E-state index contributed by atoms with van der Waals surface area (Å²) < 4.78 is 0. The number of likely N-dealkylation sites (N-methyl/N-ethyl adjacent to an activating group) is 1. The van der Waals surface area contributed by atoms with Gasteiger partial charge in [-0.05, 0) is 31.5 Å². The first-order valence-corrected chi connectivity index (χ1v) is 5.42. The van der Waals surface area contributed by atoms with Gasteiger partial charge in [0.05, 0.1) is 11.6 Å². The molecule has 0 aromatic heterocycles. The smallest absolute Gasteiger partial charge is 0.246 e. The van der Waals surface area contributed by atoms with Crippen LogP contribution in [0.4, 0.5) is 0 Å².